The highest BCUT2D eigenvalue weighted by atomic mass is 35.5. The average molecular weight is 408 g/mol. The molecule has 0 atom stereocenters. The smallest absolute Gasteiger partial charge is 0.293 e. The minimum atomic E-state index is -0.350. The molecule has 0 bridgehead atoms. The molecule has 2 amide bonds. The van der Waals surface area contributed by atoms with Crippen molar-refractivity contribution in [2.75, 3.05) is 6.61 Å². The van der Waals surface area contributed by atoms with Crippen LogP contribution in [-0.2, 0) is 11.3 Å². The highest BCUT2D eigenvalue weighted by Gasteiger charge is 2.35. The molecule has 4 nitrogen and oxygen atoms in total. The molecule has 0 radical (unpaired) electrons. The molecule has 0 unspecified atom stereocenters. The molecule has 2 aromatic rings. The van der Waals surface area contributed by atoms with E-state index in [0.29, 0.717) is 32.9 Å². The molecule has 0 saturated carbocycles. The van der Waals surface area contributed by atoms with Gasteiger partial charge in [-0.15, -0.1) is 0 Å². The normalized spacial score (nSPS) is 15.8. The van der Waals surface area contributed by atoms with Gasteiger partial charge in [0.1, 0.15) is 5.75 Å². The monoisotopic (exact) mass is 407 g/mol. The fourth-order valence-electron chi connectivity index (χ4n) is 2.48. The third kappa shape index (κ3) is 4.06. The van der Waals surface area contributed by atoms with Crippen molar-refractivity contribution in [1.82, 2.24) is 4.90 Å². The maximum absolute atomic E-state index is 12.7. The number of ether oxygens (including phenoxy) is 1. The van der Waals surface area contributed by atoms with E-state index in [9.17, 15) is 9.59 Å². The summed E-state index contributed by atoms with van der Waals surface area (Å²) in [4.78, 5) is 26.5. The average Bonchev–Trinajstić information content (AvgIpc) is 2.86. The van der Waals surface area contributed by atoms with Crippen molar-refractivity contribution in [1.29, 1.82) is 0 Å². The second kappa shape index (κ2) is 8.16. The van der Waals surface area contributed by atoms with E-state index in [0.717, 1.165) is 17.3 Å². The number of carbonyl (C=O) groups is 2. The summed E-state index contributed by atoms with van der Waals surface area (Å²) in [5.41, 5.74) is 1.42. The van der Waals surface area contributed by atoms with E-state index in [1.165, 1.54) is 4.90 Å². The first-order chi connectivity index (χ1) is 12.5. The Morgan fingerprint density at radius 3 is 2.65 bits per heavy atom. The zero-order valence-corrected chi connectivity index (χ0v) is 16.2. The molecule has 7 heteroatoms. The summed E-state index contributed by atoms with van der Waals surface area (Å²) in [6, 6.07) is 12.4. The van der Waals surface area contributed by atoms with Crippen molar-refractivity contribution in [3.63, 3.8) is 0 Å². The predicted molar refractivity (Wildman–Crippen MR) is 106 cm³/mol. The second-order valence-electron chi connectivity index (χ2n) is 5.47. The van der Waals surface area contributed by atoms with Gasteiger partial charge in [-0.05, 0) is 48.5 Å². The molecule has 26 heavy (non-hydrogen) atoms. The lowest BCUT2D eigenvalue weighted by Gasteiger charge is -2.13. The van der Waals surface area contributed by atoms with E-state index in [4.69, 9.17) is 27.9 Å². The molecule has 1 saturated heterocycles. The minimum Gasteiger partial charge on any atom is -0.493 e. The van der Waals surface area contributed by atoms with Crippen LogP contribution in [0.25, 0.3) is 6.08 Å². The van der Waals surface area contributed by atoms with E-state index in [1.54, 1.807) is 24.3 Å². The number of rotatable bonds is 5. The Bertz CT molecular complexity index is 898. The first-order valence-corrected chi connectivity index (χ1v) is 9.48. The van der Waals surface area contributed by atoms with Crippen LogP contribution in [0, 0.1) is 0 Å². The highest BCUT2D eigenvalue weighted by molar-refractivity contribution is 8.18. The van der Waals surface area contributed by atoms with Crippen molar-refractivity contribution in [2.24, 2.45) is 0 Å². The van der Waals surface area contributed by atoms with Gasteiger partial charge in [-0.25, -0.2) is 0 Å². The number of imide groups is 1. The molecule has 0 aliphatic carbocycles. The first-order valence-electron chi connectivity index (χ1n) is 7.90. The van der Waals surface area contributed by atoms with Gasteiger partial charge in [-0.2, -0.15) is 0 Å². The molecule has 0 spiro atoms. The summed E-state index contributed by atoms with van der Waals surface area (Å²) >= 11 is 12.9. The molecule has 0 N–H and O–H groups in total. The number of hydrogen-bond donors (Lipinski definition) is 0. The lowest BCUT2D eigenvalue weighted by Crippen LogP contribution is -2.27. The lowest BCUT2D eigenvalue weighted by molar-refractivity contribution is -0.123. The summed E-state index contributed by atoms with van der Waals surface area (Å²) in [5.74, 6) is 0.319. The zero-order valence-electron chi connectivity index (χ0n) is 13.9. The summed E-state index contributed by atoms with van der Waals surface area (Å²) in [7, 11) is 0. The standard InChI is InChI=1S/C19H15Cl2NO3S/c1-2-25-16-6-4-3-5-12(16)9-17-18(23)22(19(24)26-17)11-13-7-8-14(20)10-15(13)21/h3-10H,2,11H2,1H3/b17-9-. The molecule has 1 heterocycles. The zero-order chi connectivity index (χ0) is 18.7. The number of nitrogens with zero attached hydrogens (tertiary/aromatic N) is 1. The van der Waals surface area contributed by atoms with Crippen LogP contribution >= 0.6 is 35.0 Å². The number of hydrogen-bond acceptors (Lipinski definition) is 4. The number of amides is 2. The van der Waals surface area contributed by atoms with Gasteiger partial charge in [-0.3, -0.25) is 14.5 Å². The van der Waals surface area contributed by atoms with Crippen molar-refractivity contribution in [2.45, 2.75) is 13.5 Å². The van der Waals surface area contributed by atoms with Gasteiger partial charge in [0, 0.05) is 15.6 Å². The molecule has 134 valence electrons. The molecular weight excluding hydrogens is 393 g/mol. The lowest BCUT2D eigenvalue weighted by atomic mass is 10.1. The Morgan fingerprint density at radius 1 is 1.15 bits per heavy atom. The van der Waals surface area contributed by atoms with Gasteiger partial charge in [0.25, 0.3) is 11.1 Å². The van der Waals surface area contributed by atoms with Crippen LogP contribution in [0.2, 0.25) is 10.0 Å². The number of halogens is 2. The number of thioether (sulfide) groups is 1. The maximum atomic E-state index is 12.7. The van der Waals surface area contributed by atoms with Crippen LogP contribution < -0.4 is 4.74 Å². The van der Waals surface area contributed by atoms with Crippen LogP contribution in [0.4, 0.5) is 4.79 Å². The van der Waals surface area contributed by atoms with E-state index in [2.05, 4.69) is 0 Å². The predicted octanol–water partition coefficient (Wildman–Crippen LogP) is 5.63. The van der Waals surface area contributed by atoms with Gasteiger partial charge in [0.2, 0.25) is 0 Å². The highest BCUT2D eigenvalue weighted by Crippen LogP contribution is 2.35. The molecule has 2 aromatic carbocycles. The van der Waals surface area contributed by atoms with E-state index < -0.39 is 0 Å². The molecule has 1 fully saturated rings. The van der Waals surface area contributed by atoms with E-state index in [1.807, 2.05) is 31.2 Å². The van der Waals surface area contributed by atoms with Crippen LogP contribution in [0.5, 0.6) is 5.75 Å². The summed E-state index contributed by atoms with van der Waals surface area (Å²) in [6.07, 6.45) is 1.68. The molecule has 1 aliphatic heterocycles. The quantitative estimate of drug-likeness (QED) is 0.602. The van der Waals surface area contributed by atoms with Crippen LogP contribution in [0.3, 0.4) is 0 Å². The molecule has 1 aliphatic rings. The summed E-state index contributed by atoms with van der Waals surface area (Å²) in [6.45, 7) is 2.51. The third-order valence-electron chi connectivity index (χ3n) is 3.72. The fraction of sp³-hybridized carbons (Fsp3) is 0.158. The Labute approximate surface area is 165 Å². The van der Waals surface area contributed by atoms with Crippen LogP contribution in [-0.4, -0.2) is 22.7 Å². The topological polar surface area (TPSA) is 46.6 Å². The van der Waals surface area contributed by atoms with Crippen LogP contribution in [0.1, 0.15) is 18.1 Å². The Balaban J connectivity index is 1.85. The number of carbonyl (C=O) groups excluding carboxylic acids is 2. The van der Waals surface area contributed by atoms with Gasteiger partial charge in [0.05, 0.1) is 18.1 Å². The van der Waals surface area contributed by atoms with E-state index >= 15 is 0 Å². The number of para-hydroxylation sites is 1. The van der Waals surface area contributed by atoms with Crippen molar-refractivity contribution in [3.05, 3.63) is 68.5 Å². The summed E-state index contributed by atoms with van der Waals surface area (Å²) < 4.78 is 5.57. The third-order valence-corrected chi connectivity index (χ3v) is 5.22. The van der Waals surface area contributed by atoms with Gasteiger partial charge < -0.3 is 4.74 Å². The van der Waals surface area contributed by atoms with Gasteiger partial charge in [-0.1, -0.05) is 47.5 Å². The van der Waals surface area contributed by atoms with Crippen molar-refractivity contribution in [3.8, 4) is 5.75 Å². The Morgan fingerprint density at radius 2 is 1.92 bits per heavy atom. The van der Waals surface area contributed by atoms with Gasteiger partial charge in [0.15, 0.2) is 0 Å². The van der Waals surface area contributed by atoms with Crippen molar-refractivity contribution < 1.29 is 14.3 Å². The Kier molecular flexibility index (Phi) is 5.91. The summed E-state index contributed by atoms with van der Waals surface area (Å²) in [5, 5.41) is 0.587. The number of benzene rings is 2. The Hall–Kier alpha value is -1.95. The van der Waals surface area contributed by atoms with E-state index in [-0.39, 0.29) is 17.7 Å². The first kappa shape index (κ1) is 18.8. The molecule has 3 rings (SSSR count). The fourth-order valence-corrected chi connectivity index (χ4v) is 3.78. The largest absolute Gasteiger partial charge is 0.493 e. The minimum absolute atomic E-state index is 0.102. The molecular formula is C19H15Cl2NO3S. The second-order valence-corrected chi connectivity index (χ2v) is 7.31. The SMILES string of the molecule is CCOc1ccccc1/C=C1\SC(=O)N(Cc2ccc(Cl)cc2Cl)C1=O. The molecule has 0 aromatic heterocycles. The van der Waals surface area contributed by atoms with Gasteiger partial charge >= 0.3 is 0 Å². The van der Waals surface area contributed by atoms with Crippen molar-refractivity contribution >= 4 is 52.2 Å². The maximum Gasteiger partial charge on any atom is 0.293 e. The van der Waals surface area contributed by atoms with Crippen LogP contribution in [0.15, 0.2) is 47.4 Å².